The fraction of sp³-hybridized carbons (Fsp3) is 0.429. The molecule has 4 aliphatic rings. The van der Waals surface area contributed by atoms with E-state index in [0.717, 1.165) is 39.0 Å². The molecule has 50 heavy (non-hydrogen) atoms. The van der Waals surface area contributed by atoms with Crippen LogP contribution in [0.5, 0.6) is 17.4 Å². The van der Waals surface area contributed by atoms with Crippen molar-refractivity contribution in [3.8, 4) is 23.4 Å². The van der Waals surface area contributed by atoms with Crippen LogP contribution in [-0.4, -0.2) is 101 Å². The van der Waals surface area contributed by atoms with Crippen LogP contribution in [0.15, 0.2) is 59.6 Å². The zero-order chi connectivity index (χ0) is 35.3. The second-order valence-corrected chi connectivity index (χ2v) is 14.9. The first-order valence-electron chi connectivity index (χ1n) is 16.6. The van der Waals surface area contributed by atoms with Crippen LogP contribution in [0.4, 0.5) is 10.5 Å². The molecule has 14 nitrogen and oxygen atoms in total. The summed E-state index contributed by atoms with van der Waals surface area (Å²) in [4.78, 5) is 37.6. The van der Waals surface area contributed by atoms with Crippen LogP contribution >= 0.6 is 0 Å². The SMILES string of the molecule is CCOc1ncccc1[C@]1(NC(=O)N2CC3(C2)CN(C2CCNCC2)C3)C(=O)N(S(=O)(=O)c2ccc(OC)cc2OC)c2ccc(C#N)cc21. The van der Waals surface area contributed by atoms with Gasteiger partial charge in [-0.25, -0.2) is 18.2 Å². The number of aromatic nitrogens is 1. The monoisotopic (exact) mass is 701 g/mol. The number of amides is 3. The number of piperidine rings is 1. The van der Waals surface area contributed by atoms with E-state index in [4.69, 9.17) is 14.2 Å². The predicted molar refractivity (Wildman–Crippen MR) is 182 cm³/mol. The molecule has 0 saturated carbocycles. The number of anilines is 1. The molecule has 262 valence electrons. The Morgan fingerprint density at radius 1 is 1.06 bits per heavy atom. The molecule has 1 spiro atoms. The average molecular weight is 702 g/mol. The Morgan fingerprint density at radius 2 is 1.82 bits per heavy atom. The highest BCUT2D eigenvalue weighted by Gasteiger charge is 2.61. The van der Waals surface area contributed by atoms with Gasteiger partial charge in [0.1, 0.15) is 16.4 Å². The van der Waals surface area contributed by atoms with Crippen molar-refractivity contribution >= 4 is 27.6 Å². The number of nitriles is 1. The zero-order valence-corrected chi connectivity index (χ0v) is 29.0. The summed E-state index contributed by atoms with van der Waals surface area (Å²) in [6.45, 7) is 6.71. The van der Waals surface area contributed by atoms with Crippen LogP contribution in [0.1, 0.15) is 36.5 Å². The molecular formula is C35H39N7O7S. The summed E-state index contributed by atoms with van der Waals surface area (Å²) >= 11 is 0. The van der Waals surface area contributed by atoms with Gasteiger partial charge < -0.3 is 29.7 Å². The van der Waals surface area contributed by atoms with Crippen molar-refractivity contribution in [1.82, 2.24) is 25.4 Å². The normalized spacial score (nSPS) is 21.5. The van der Waals surface area contributed by atoms with Gasteiger partial charge in [0, 0.05) is 55.5 Å². The summed E-state index contributed by atoms with van der Waals surface area (Å²) in [5.41, 5.74) is -1.80. The summed E-state index contributed by atoms with van der Waals surface area (Å²) in [6, 6.07) is 13.6. The number of carbonyl (C=O) groups is 2. The number of hydrogen-bond acceptors (Lipinski definition) is 11. The van der Waals surface area contributed by atoms with Crippen LogP contribution in [-0.2, 0) is 20.4 Å². The molecule has 7 rings (SSSR count). The van der Waals surface area contributed by atoms with E-state index in [1.165, 1.54) is 56.8 Å². The van der Waals surface area contributed by atoms with Gasteiger partial charge in [0.25, 0.3) is 15.9 Å². The van der Waals surface area contributed by atoms with Gasteiger partial charge in [-0.1, -0.05) is 0 Å². The summed E-state index contributed by atoms with van der Waals surface area (Å²) in [6.07, 6.45) is 3.69. The van der Waals surface area contributed by atoms with Crippen molar-refractivity contribution in [1.29, 1.82) is 5.26 Å². The van der Waals surface area contributed by atoms with E-state index in [0.29, 0.717) is 29.2 Å². The molecule has 3 amide bonds. The number of hydrogen-bond donors (Lipinski definition) is 2. The summed E-state index contributed by atoms with van der Waals surface area (Å²) < 4.78 is 46.4. The van der Waals surface area contributed by atoms with E-state index in [9.17, 15) is 18.5 Å². The first kappa shape index (κ1) is 33.6. The predicted octanol–water partition coefficient (Wildman–Crippen LogP) is 2.43. The fourth-order valence-electron chi connectivity index (χ4n) is 7.75. The standard InChI is InChI=1S/C35H39N7O7S/c1-4-49-31-26(6-5-13-38-31)35(39-33(44)41-21-34(22-41)19-40(20-34)24-11-14-37-15-12-24)27-16-23(18-36)7-9-28(27)42(32(35)43)50(45,46)30-10-8-25(47-2)17-29(30)48-3/h5-10,13,16-17,24,37H,4,11-12,14-15,19-22H2,1-3H3,(H,39,44)/t35-/m1/s1. The minimum atomic E-state index is -4.69. The van der Waals surface area contributed by atoms with E-state index >= 15 is 4.79 Å². The van der Waals surface area contributed by atoms with E-state index in [2.05, 4.69) is 26.6 Å². The van der Waals surface area contributed by atoms with Gasteiger partial charge in [-0.05, 0) is 75.3 Å². The van der Waals surface area contributed by atoms with Crippen molar-refractivity contribution in [2.75, 3.05) is 64.4 Å². The van der Waals surface area contributed by atoms with Crippen molar-refractivity contribution in [2.45, 2.75) is 36.2 Å². The van der Waals surface area contributed by atoms with Crippen LogP contribution in [0.25, 0.3) is 0 Å². The number of nitrogens with one attached hydrogen (secondary N) is 2. The smallest absolute Gasteiger partial charge is 0.318 e. The Bertz CT molecular complexity index is 1980. The lowest BCUT2D eigenvalue weighted by atomic mass is 9.71. The number of nitrogens with zero attached hydrogens (tertiary/aromatic N) is 5. The molecule has 3 saturated heterocycles. The number of urea groups is 1. The Labute approximate surface area is 291 Å². The van der Waals surface area contributed by atoms with E-state index in [-0.39, 0.29) is 50.9 Å². The molecular weight excluding hydrogens is 662 g/mol. The maximum Gasteiger partial charge on any atom is 0.318 e. The van der Waals surface area contributed by atoms with Crippen molar-refractivity contribution in [2.24, 2.45) is 5.41 Å². The number of fused-ring (bicyclic) bond motifs is 1. The maximum atomic E-state index is 15.1. The van der Waals surface area contributed by atoms with Crippen LogP contribution in [0, 0.1) is 16.7 Å². The van der Waals surface area contributed by atoms with Crippen molar-refractivity contribution in [3.63, 3.8) is 0 Å². The second kappa shape index (κ2) is 12.8. The molecule has 4 aliphatic heterocycles. The minimum absolute atomic E-state index is 0.0218. The lowest BCUT2D eigenvalue weighted by Crippen LogP contribution is -2.76. The van der Waals surface area contributed by atoms with Gasteiger partial charge >= 0.3 is 6.03 Å². The highest BCUT2D eigenvalue weighted by atomic mass is 32.2. The molecule has 3 fully saturated rings. The molecule has 1 atom stereocenters. The highest BCUT2D eigenvalue weighted by Crippen LogP contribution is 2.50. The lowest BCUT2D eigenvalue weighted by molar-refractivity contribution is -0.123. The quantitative estimate of drug-likeness (QED) is 0.337. The van der Waals surface area contributed by atoms with Gasteiger partial charge in [-0.15, -0.1) is 0 Å². The maximum absolute atomic E-state index is 15.1. The van der Waals surface area contributed by atoms with Gasteiger partial charge in [-0.2, -0.15) is 9.57 Å². The Balaban J connectivity index is 1.30. The number of pyridine rings is 1. The van der Waals surface area contributed by atoms with Crippen molar-refractivity contribution < 1.29 is 32.2 Å². The lowest BCUT2D eigenvalue weighted by Gasteiger charge is -2.62. The largest absolute Gasteiger partial charge is 0.497 e. The van der Waals surface area contributed by atoms with Crippen molar-refractivity contribution in [3.05, 3.63) is 71.4 Å². The molecule has 3 aromatic rings. The number of carbonyl (C=O) groups excluding carboxylic acids is 2. The average Bonchev–Trinajstić information content (AvgIpc) is 3.34. The summed E-state index contributed by atoms with van der Waals surface area (Å²) in [5.74, 6) is -0.646. The van der Waals surface area contributed by atoms with Gasteiger partial charge in [0.2, 0.25) is 5.88 Å². The molecule has 1 aromatic heterocycles. The van der Waals surface area contributed by atoms with E-state index in [1.54, 1.807) is 24.0 Å². The van der Waals surface area contributed by atoms with Gasteiger partial charge in [0.15, 0.2) is 5.54 Å². The number of ether oxygens (including phenoxy) is 3. The Morgan fingerprint density at radius 3 is 2.50 bits per heavy atom. The van der Waals surface area contributed by atoms with Gasteiger partial charge in [-0.3, -0.25) is 9.69 Å². The summed E-state index contributed by atoms with van der Waals surface area (Å²) in [7, 11) is -1.94. The topological polar surface area (TPSA) is 166 Å². The number of benzene rings is 2. The number of methoxy groups -OCH3 is 2. The first-order valence-corrected chi connectivity index (χ1v) is 18.0. The van der Waals surface area contributed by atoms with Crippen LogP contribution < -0.4 is 29.1 Å². The third-order valence-corrected chi connectivity index (χ3v) is 11.9. The molecule has 2 N–H and O–H groups in total. The number of likely N-dealkylation sites (tertiary alicyclic amines) is 2. The van der Waals surface area contributed by atoms with E-state index < -0.39 is 27.5 Å². The van der Waals surface area contributed by atoms with Crippen LogP contribution in [0.3, 0.4) is 0 Å². The first-order chi connectivity index (χ1) is 24.1. The fourth-order valence-corrected chi connectivity index (χ4v) is 9.36. The molecule has 0 aliphatic carbocycles. The van der Waals surface area contributed by atoms with Crippen LogP contribution in [0.2, 0.25) is 0 Å². The zero-order valence-electron chi connectivity index (χ0n) is 28.1. The molecule has 2 aromatic carbocycles. The Hall–Kier alpha value is -4.91. The van der Waals surface area contributed by atoms with Gasteiger partial charge in [0.05, 0.1) is 43.7 Å². The highest BCUT2D eigenvalue weighted by molar-refractivity contribution is 7.93. The molecule has 5 heterocycles. The third kappa shape index (κ3) is 5.29. The Kier molecular flexibility index (Phi) is 8.57. The third-order valence-electron chi connectivity index (χ3n) is 10.1. The number of sulfonamides is 1. The second-order valence-electron chi connectivity index (χ2n) is 13.1. The molecule has 15 heteroatoms. The number of rotatable bonds is 9. The molecule has 0 bridgehead atoms. The van der Waals surface area contributed by atoms with E-state index in [1.807, 2.05) is 0 Å². The minimum Gasteiger partial charge on any atom is -0.497 e. The molecule has 0 unspecified atom stereocenters. The summed E-state index contributed by atoms with van der Waals surface area (Å²) in [5, 5.41) is 16.3. The molecule has 0 radical (unpaired) electrons.